The predicted molar refractivity (Wildman–Crippen MR) is 73.1 cm³/mol. The average Bonchev–Trinajstić information content (AvgIpc) is 2.58. The smallest absolute Gasteiger partial charge is 0.308 e. The van der Waals surface area contributed by atoms with Crippen LogP contribution < -0.4 is 0 Å². The monoisotopic (exact) mass is 261 g/mol. The highest BCUT2D eigenvalue weighted by Gasteiger charge is 2.15. The van der Waals surface area contributed by atoms with Crippen molar-refractivity contribution in [2.75, 3.05) is 0 Å². The molecule has 1 heterocycles. The van der Waals surface area contributed by atoms with Crippen LogP contribution in [0, 0.1) is 20.8 Å². The second-order valence-electron chi connectivity index (χ2n) is 4.39. The molecule has 0 unspecified atom stereocenters. The zero-order chi connectivity index (χ0) is 13.3. The first-order chi connectivity index (χ1) is 8.47. The maximum absolute atomic E-state index is 10.9. The van der Waals surface area contributed by atoms with Crippen molar-refractivity contribution in [1.29, 1.82) is 0 Å². The van der Waals surface area contributed by atoms with Gasteiger partial charge in [-0.05, 0) is 26.3 Å². The van der Waals surface area contributed by atoms with E-state index >= 15 is 0 Å². The molecule has 0 aliphatic carbocycles. The molecule has 0 radical (unpaired) electrons. The summed E-state index contributed by atoms with van der Waals surface area (Å²) in [6.45, 7) is 5.98. The topological polar surface area (TPSA) is 50.2 Å². The molecule has 2 rings (SSSR count). The number of hydrogen-bond donors (Lipinski definition) is 1. The van der Waals surface area contributed by atoms with E-state index in [1.54, 1.807) is 0 Å². The van der Waals surface area contributed by atoms with Crippen LogP contribution in [-0.2, 0) is 11.2 Å². The van der Waals surface area contributed by atoms with Crippen molar-refractivity contribution < 1.29 is 9.90 Å². The molecule has 0 atom stereocenters. The minimum Gasteiger partial charge on any atom is -0.481 e. The van der Waals surface area contributed by atoms with E-state index in [2.05, 4.69) is 11.1 Å². The van der Waals surface area contributed by atoms with E-state index in [9.17, 15) is 4.79 Å². The Balaban J connectivity index is 2.52. The third-order valence-electron chi connectivity index (χ3n) is 2.75. The number of rotatable bonds is 3. The summed E-state index contributed by atoms with van der Waals surface area (Å²) in [6, 6.07) is 6.14. The highest BCUT2D eigenvalue weighted by atomic mass is 32.1. The summed E-state index contributed by atoms with van der Waals surface area (Å²) in [6.07, 6.45) is 0.0359. The highest BCUT2D eigenvalue weighted by molar-refractivity contribution is 7.12. The van der Waals surface area contributed by atoms with E-state index in [-0.39, 0.29) is 6.42 Å². The van der Waals surface area contributed by atoms with E-state index in [4.69, 9.17) is 5.11 Å². The van der Waals surface area contributed by atoms with Crippen molar-refractivity contribution >= 4 is 17.3 Å². The molecule has 0 fully saturated rings. The molecule has 1 N–H and O–H groups in total. The SMILES string of the molecule is Cc1ccc(-c2nc(C)sc2CC(=O)O)c(C)c1. The number of carbonyl (C=O) groups is 1. The zero-order valence-corrected chi connectivity index (χ0v) is 11.5. The lowest BCUT2D eigenvalue weighted by atomic mass is 10.0. The standard InChI is InChI=1S/C14H15NO2S/c1-8-4-5-11(9(2)6-8)14-12(7-13(16)17)18-10(3)15-14/h4-6H,7H2,1-3H3,(H,16,17). The van der Waals surface area contributed by atoms with Gasteiger partial charge in [-0.2, -0.15) is 0 Å². The second-order valence-corrected chi connectivity index (χ2v) is 5.68. The Morgan fingerprint density at radius 1 is 1.33 bits per heavy atom. The van der Waals surface area contributed by atoms with Gasteiger partial charge in [0.25, 0.3) is 0 Å². The summed E-state index contributed by atoms with van der Waals surface area (Å²) in [5.41, 5.74) is 4.17. The van der Waals surface area contributed by atoms with Crippen molar-refractivity contribution in [3.8, 4) is 11.3 Å². The van der Waals surface area contributed by atoms with Crippen LogP contribution in [0.25, 0.3) is 11.3 Å². The maximum Gasteiger partial charge on any atom is 0.308 e. The van der Waals surface area contributed by atoms with Crippen LogP contribution in [0.3, 0.4) is 0 Å². The van der Waals surface area contributed by atoms with Crippen LogP contribution in [0.5, 0.6) is 0 Å². The van der Waals surface area contributed by atoms with Crippen LogP contribution in [0.4, 0.5) is 0 Å². The van der Waals surface area contributed by atoms with Gasteiger partial charge in [0.1, 0.15) is 0 Å². The first kappa shape index (κ1) is 12.8. The van der Waals surface area contributed by atoms with Gasteiger partial charge in [-0.1, -0.05) is 23.8 Å². The van der Waals surface area contributed by atoms with E-state index < -0.39 is 5.97 Å². The molecule has 0 spiro atoms. The van der Waals surface area contributed by atoms with Crippen molar-refractivity contribution in [3.63, 3.8) is 0 Å². The van der Waals surface area contributed by atoms with Crippen LogP contribution in [0.15, 0.2) is 18.2 Å². The fraction of sp³-hybridized carbons (Fsp3) is 0.286. The highest BCUT2D eigenvalue weighted by Crippen LogP contribution is 2.31. The summed E-state index contributed by atoms with van der Waals surface area (Å²) < 4.78 is 0. The van der Waals surface area contributed by atoms with Crippen molar-refractivity contribution in [2.24, 2.45) is 0 Å². The van der Waals surface area contributed by atoms with Crippen molar-refractivity contribution in [3.05, 3.63) is 39.2 Å². The van der Waals surface area contributed by atoms with Crippen LogP contribution in [0.2, 0.25) is 0 Å². The second kappa shape index (κ2) is 4.90. The van der Waals surface area contributed by atoms with Gasteiger partial charge in [0.2, 0.25) is 0 Å². The average molecular weight is 261 g/mol. The molecule has 1 aromatic heterocycles. The molecule has 0 bridgehead atoms. The maximum atomic E-state index is 10.9. The first-order valence-corrected chi connectivity index (χ1v) is 6.54. The summed E-state index contributed by atoms with van der Waals surface area (Å²) in [5.74, 6) is -0.815. The van der Waals surface area contributed by atoms with Crippen molar-refractivity contribution in [1.82, 2.24) is 4.98 Å². The third kappa shape index (κ3) is 2.59. The van der Waals surface area contributed by atoms with E-state index in [0.717, 1.165) is 26.7 Å². The Labute approximate surface area is 110 Å². The number of aryl methyl sites for hydroxylation is 3. The lowest BCUT2D eigenvalue weighted by Gasteiger charge is -2.06. The number of carboxylic acid groups (broad SMARTS) is 1. The molecule has 94 valence electrons. The minimum absolute atomic E-state index is 0.0359. The Kier molecular flexibility index (Phi) is 3.48. The van der Waals surface area contributed by atoms with Gasteiger partial charge in [-0.15, -0.1) is 11.3 Å². The lowest BCUT2D eigenvalue weighted by molar-refractivity contribution is -0.136. The van der Waals surface area contributed by atoms with Gasteiger partial charge in [0, 0.05) is 10.4 Å². The van der Waals surface area contributed by atoms with Gasteiger partial charge in [0.05, 0.1) is 17.1 Å². The minimum atomic E-state index is -0.815. The number of hydrogen-bond acceptors (Lipinski definition) is 3. The van der Waals surface area contributed by atoms with Crippen LogP contribution >= 0.6 is 11.3 Å². The van der Waals surface area contributed by atoms with Crippen LogP contribution in [0.1, 0.15) is 21.0 Å². The Morgan fingerprint density at radius 2 is 2.06 bits per heavy atom. The molecule has 0 saturated carbocycles. The van der Waals surface area contributed by atoms with Gasteiger partial charge in [-0.3, -0.25) is 4.79 Å². The molecule has 0 aliphatic rings. The largest absolute Gasteiger partial charge is 0.481 e. The van der Waals surface area contributed by atoms with E-state index in [1.807, 2.05) is 32.9 Å². The Morgan fingerprint density at radius 3 is 2.67 bits per heavy atom. The number of aliphatic carboxylic acids is 1. The molecule has 3 nitrogen and oxygen atoms in total. The fourth-order valence-corrected chi connectivity index (χ4v) is 2.96. The number of benzene rings is 1. The van der Waals surface area contributed by atoms with Gasteiger partial charge < -0.3 is 5.11 Å². The molecule has 0 saturated heterocycles. The zero-order valence-electron chi connectivity index (χ0n) is 10.7. The number of carboxylic acids is 1. The molecular weight excluding hydrogens is 246 g/mol. The lowest BCUT2D eigenvalue weighted by Crippen LogP contribution is -2.00. The molecule has 18 heavy (non-hydrogen) atoms. The number of aromatic nitrogens is 1. The quantitative estimate of drug-likeness (QED) is 0.921. The van der Waals surface area contributed by atoms with Crippen LogP contribution in [-0.4, -0.2) is 16.1 Å². The molecule has 1 aromatic carbocycles. The van der Waals surface area contributed by atoms with Gasteiger partial charge in [0.15, 0.2) is 0 Å². The Bertz CT molecular complexity index is 602. The predicted octanol–water partition coefficient (Wildman–Crippen LogP) is 3.36. The fourth-order valence-electron chi connectivity index (χ4n) is 2.02. The molecule has 0 amide bonds. The number of thiazole rings is 1. The molecule has 0 aliphatic heterocycles. The molecule has 2 aromatic rings. The summed E-state index contributed by atoms with van der Waals surface area (Å²) in [7, 11) is 0. The Hall–Kier alpha value is -1.68. The summed E-state index contributed by atoms with van der Waals surface area (Å²) in [5, 5.41) is 9.84. The normalized spacial score (nSPS) is 10.6. The van der Waals surface area contributed by atoms with E-state index in [1.165, 1.54) is 16.9 Å². The summed E-state index contributed by atoms with van der Waals surface area (Å²) >= 11 is 1.46. The molecular formula is C14H15NO2S. The molecule has 4 heteroatoms. The van der Waals surface area contributed by atoms with Crippen molar-refractivity contribution in [2.45, 2.75) is 27.2 Å². The van der Waals surface area contributed by atoms with Gasteiger partial charge in [-0.25, -0.2) is 4.98 Å². The summed E-state index contributed by atoms with van der Waals surface area (Å²) in [4.78, 5) is 16.2. The van der Waals surface area contributed by atoms with Gasteiger partial charge >= 0.3 is 5.97 Å². The van der Waals surface area contributed by atoms with E-state index in [0.29, 0.717) is 0 Å². The first-order valence-electron chi connectivity index (χ1n) is 5.73. The number of nitrogens with zero attached hydrogens (tertiary/aromatic N) is 1. The third-order valence-corrected chi connectivity index (χ3v) is 3.72.